The largest absolute Gasteiger partial charge is 0.414 e. The molecule has 0 aromatic heterocycles. The van der Waals surface area contributed by atoms with E-state index in [2.05, 4.69) is 26.6 Å². The van der Waals surface area contributed by atoms with Crippen LogP contribution in [0.2, 0.25) is 19.6 Å². The van der Waals surface area contributed by atoms with Crippen molar-refractivity contribution in [3.8, 4) is 0 Å². The van der Waals surface area contributed by atoms with Crippen LogP contribution in [0.25, 0.3) is 0 Å². The van der Waals surface area contributed by atoms with E-state index < -0.39 is 8.32 Å². The van der Waals surface area contributed by atoms with Crippen LogP contribution in [0.4, 0.5) is 0 Å². The molecular formula is C13H26OSi. The Labute approximate surface area is 95.7 Å². The molecule has 0 amide bonds. The molecular weight excluding hydrogens is 200 g/mol. The fraction of sp³-hybridized carbons (Fsp3) is 1.00. The Balaban J connectivity index is 2.03. The highest BCUT2D eigenvalue weighted by Gasteiger charge is 2.43. The Morgan fingerprint density at radius 3 is 2.40 bits per heavy atom. The molecule has 0 spiro atoms. The molecule has 0 saturated heterocycles. The van der Waals surface area contributed by atoms with E-state index in [0.29, 0.717) is 6.10 Å². The van der Waals surface area contributed by atoms with Gasteiger partial charge in [-0.2, -0.15) is 0 Å². The lowest BCUT2D eigenvalue weighted by Gasteiger charge is -2.34. The van der Waals surface area contributed by atoms with E-state index in [-0.39, 0.29) is 0 Å². The fourth-order valence-electron chi connectivity index (χ4n) is 3.61. The van der Waals surface area contributed by atoms with Crippen molar-refractivity contribution in [3.63, 3.8) is 0 Å². The van der Waals surface area contributed by atoms with Crippen molar-refractivity contribution in [1.82, 2.24) is 0 Å². The summed E-state index contributed by atoms with van der Waals surface area (Å²) in [6.07, 6.45) is 7.85. The normalized spacial score (nSPS) is 41.6. The molecule has 0 aliphatic heterocycles. The van der Waals surface area contributed by atoms with Crippen LogP contribution in [0, 0.1) is 17.8 Å². The smallest absolute Gasteiger partial charge is 0.184 e. The molecule has 15 heavy (non-hydrogen) atoms. The van der Waals surface area contributed by atoms with Gasteiger partial charge in [0, 0.05) is 0 Å². The second-order valence-corrected chi connectivity index (χ2v) is 11.1. The van der Waals surface area contributed by atoms with Crippen LogP contribution in [-0.2, 0) is 4.43 Å². The second kappa shape index (κ2) is 4.21. The number of hydrogen-bond acceptors (Lipinski definition) is 1. The molecule has 0 heterocycles. The van der Waals surface area contributed by atoms with Crippen molar-refractivity contribution in [3.05, 3.63) is 0 Å². The summed E-state index contributed by atoms with van der Waals surface area (Å²) in [6, 6.07) is 0. The molecule has 4 unspecified atom stereocenters. The first kappa shape index (κ1) is 11.7. The minimum absolute atomic E-state index is 0.599. The third kappa shape index (κ3) is 2.65. The van der Waals surface area contributed by atoms with Crippen LogP contribution in [0.15, 0.2) is 0 Å². The first-order chi connectivity index (χ1) is 6.97. The predicted molar refractivity (Wildman–Crippen MR) is 67.4 cm³/mol. The lowest BCUT2D eigenvalue weighted by atomic mass is 9.81. The van der Waals surface area contributed by atoms with E-state index >= 15 is 0 Å². The van der Waals surface area contributed by atoms with Crippen molar-refractivity contribution in [2.45, 2.75) is 64.8 Å². The monoisotopic (exact) mass is 226 g/mol. The first-order valence-corrected chi connectivity index (χ1v) is 10.1. The molecule has 0 radical (unpaired) electrons. The molecule has 2 aliphatic carbocycles. The molecule has 2 rings (SSSR count). The Bertz CT molecular complexity index is 221. The molecule has 88 valence electrons. The minimum Gasteiger partial charge on any atom is -0.414 e. The number of hydrogen-bond donors (Lipinski definition) is 0. The summed E-state index contributed by atoms with van der Waals surface area (Å²) in [5.41, 5.74) is 0. The second-order valence-electron chi connectivity index (χ2n) is 6.62. The van der Waals surface area contributed by atoms with Gasteiger partial charge in [-0.25, -0.2) is 0 Å². The summed E-state index contributed by atoms with van der Waals surface area (Å²) < 4.78 is 6.42. The van der Waals surface area contributed by atoms with Gasteiger partial charge in [0.25, 0.3) is 0 Å². The van der Waals surface area contributed by atoms with Crippen molar-refractivity contribution in [2.75, 3.05) is 0 Å². The molecule has 0 bridgehead atoms. The highest BCUT2D eigenvalue weighted by atomic mass is 28.4. The van der Waals surface area contributed by atoms with Gasteiger partial charge in [0.15, 0.2) is 8.32 Å². The van der Waals surface area contributed by atoms with Crippen molar-refractivity contribution in [1.29, 1.82) is 0 Å². The van der Waals surface area contributed by atoms with E-state index in [0.717, 1.165) is 17.8 Å². The highest BCUT2D eigenvalue weighted by molar-refractivity contribution is 6.69. The topological polar surface area (TPSA) is 9.23 Å². The average Bonchev–Trinajstić information content (AvgIpc) is 2.41. The first-order valence-electron chi connectivity index (χ1n) is 6.65. The van der Waals surface area contributed by atoms with E-state index in [4.69, 9.17) is 4.43 Å². The third-order valence-electron chi connectivity index (χ3n) is 4.11. The minimum atomic E-state index is -1.34. The molecule has 0 N–H and O–H groups in total. The molecule has 2 saturated carbocycles. The van der Waals surface area contributed by atoms with Crippen molar-refractivity contribution >= 4 is 8.32 Å². The van der Waals surface area contributed by atoms with Crippen LogP contribution >= 0.6 is 0 Å². The van der Waals surface area contributed by atoms with Crippen molar-refractivity contribution < 1.29 is 4.43 Å². The van der Waals surface area contributed by atoms with Crippen LogP contribution in [-0.4, -0.2) is 14.4 Å². The van der Waals surface area contributed by atoms with Gasteiger partial charge in [0.1, 0.15) is 0 Å². The van der Waals surface area contributed by atoms with Crippen LogP contribution in [0.3, 0.4) is 0 Å². The lowest BCUT2D eigenvalue weighted by Crippen LogP contribution is -2.38. The van der Waals surface area contributed by atoms with Gasteiger partial charge in [-0.05, 0) is 50.2 Å². The average molecular weight is 226 g/mol. The zero-order valence-electron chi connectivity index (χ0n) is 10.8. The zero-order valence-corrected chi connectivity index (χ0v) is 11.8. The van der Waals surface area contributed by atoms with Gasteiger partial charge >= 0.3 is 0 Å². The molecule has 1 nitrogen and oxygen atoms in total. The zero-order chi connectivity index (χ0) is 11.1. The van der Waals surface area contributed by atoms with Gasteiger partial charge < -0.3 is 4.43 Å². The van der Waals surface area contributed by atoms with Crippen LogP contribution < -0.4 is 0 Å². The van der Waals surface area contributed by atoms with Crippen LogP contribution in [0.1, 0.15) is 39.0 Å². The number of rotatable bonds is 2. The SMILES string of the molecule is CC1CC2CCCCC2C1O[Si](C)(C)C. The summed E-state index contributed by atoms with van der Waals surface area (Å²) in [4.78, 5) is 0. The standard InChI is InChI=1S/C13H26OSi/c1-10-9-11-7-5-6-8-12(11)13(10)14-15(2,3)4/h10-13H,5-9H2,1-4H3. The molecule has 0 aromatic carbocycles. The van der Waals surface area contributed by atoms with Gasteiger partial charge in [0.2, 0.25) is 0 Å². The van der Waals surface area contributed by atoms with E-state index in [1.165, 1.54) is 32.1 Å². The highest BCUT2D eigenvalue weighted by Crippen LogP contribution is 2.47. The summed E-state index contributed by atoms with van der Waals surface area (Å²) in [6.45, 7) is 9.39. The van der Waals surface area contributed by atoms with Crippen LogP contribution in [0.5, 0.6) is 0 Å². The summed E-state index contributed by atoms with van der Waals surface area (Å²) >= 11 is 0. The summed E-state index contributed by atoms with van der Waals surface area (Å²) in [5.74, 6) is 2.71. The Morgan fingerprint density at radius 2 is 1.73 bits per heavy atom. The third-order valence-corrected chi connectivity index (χ3v) is 5.09. The maximum atomic E-state index is 6.42. The maximum absolute atomic E-state index is 6.42. The Kier molecular flexibility index (Phi) is 3.27. The van der Waals surface area contributed by atoms with Gasteiger partial charge in [-0.1, -0.05) is 26.2 Å². The molecule has 2 fully saturated rings. The van der Waals surface area contributed by atoms with E-state index in [1.807, 2.05) is 0 Å². The lowest BCUT2D eigenvalue weighted by molar-refractivity contribution is 0.0897. The Hall–Kier alpha value is 0.177. The van der Waals surface area contributed by atoms with E-state index in [1.54, 1.807) is 0 Å². The van der Waals surface area contributed by atoms with E-state index in [9.17, 15) is 0 Å². The summed E-state index contributed by atoms with van der Waals surface area (Å²) in [7, 11) is -1.34. The van der Waals surface area contributed by atoms with Crippen molar-refractivity contribution in [2.24, 2.45) is 17.8 Å². The summed E-state index contributed by atoms with van der Waals surface area (Å²) in [5, 5.41) is 0. The van der Waals surface area contributed by atoms with Gasteiger partial charge in [-0.15, -0.1) is 0 Å². The molecule has 2 heteroatoms. The fourth-order valence-corrected chi connectivity index (χ4v) is 4.83. The molecule has 2 aliphatic rings. The predicted octanol–water partition coefficient (Wildman–Crippen LogP) is 4.05. The Morgan fingerprint density at radius 1 is 1.07 bits per heavy atom. The molecule has 4 atom stereocenters. The maximum Gasteiger partial charge on any atom is 0.184 e. The number of fused-ring (bicyclic) bond motifs is 1. The molecule has 0 aromatic rings. The van der Waals surface area contributed by atoms with Gasteiger partial charge in [-0.3, -0.25) is 0 Å². The van der Waals surface area contributed by atoms with Gasteiger partial charge in [0.05, 0.1) is 6.10 Å². The quantitative estimate of drug-likeness (QED) is 0.645.